The Kier molecular flexibility index (Phi) is 5.09. The Morgan fingerprint density at radius 2 is 1.70 bits per heavy atom. The normalized spacial score (nSPS) is 13.8. The number of carbonyl (C=O) groups excluding carboxylic acids is 1. The fraction of sp³-hybridized carbons (Fsp3) is 0.227. The van der Waals surface area contributed by atoms with Crippen LogP contribution in [0, 0.1) is 11.6 Å². The Bertz CT molecular complexity index is 1100. The largest absolute Gasteiger partial charge is 0.418 e. The lowest BCUT2D eigenvalue weighted by atomic mass is 10.1. The van der Waals surface area contributed by atoms with Gasteiger partial charge in [-0.1, -0.05) is 12.1 Å². The molecule has 0 spiro atoms. The third-order valence-electron chi connectivity index (χ3n) is 5.14. The van der Waals surface area contributed by atoms with Crippen LogP contribution in [0.5, 0.6) is 0 Å². The highest BCUT2D eigenvalue weighted by atomic mass is 19.4. The molecule has 0 saturated carbocycles. The smallest absolute Gasteiger partial charge is 0.344 e. The molecule has 2 aromatic carbocycles. The average molecular weight is 420 g/mol. The summed E-state index contributed by atoms with van der Waals surface area (Å²) in [4.78, 5) is 12.2. The Labute approximate surface area is 169 Å². The number of amides is 1. The molecule has 2 heterocycles. The van der Waals surface area contributed by atoms with Gasteiger partial charge in [-0.15, -0.1) is 0 Å². The van der Waals surface area contributed by atoms with Gasteiger partial charge in [-0.25, -0.2) is 8.78 Å². The average Bonchev–Trinajstić information content (AvgIpc) is 3.10. The first-order chi connectivity index (χ1) is 14.2. The van der Waals surface area contributed by atoms with E-state index in [9.17, 15) is 26.7 Å². The summed E-state index contributed by atoms with van der Waals surface area (Å²) in [6, 6.07) is 9.56. The summed E-state index contributed by atoms with van der Waals surface area (Å²) in [6.07, 6.45) is -2.24. The van der Waals surface area contributed by atoms with E-state index in [0.29, 0.717) is 24.2 Å². The van der Waals surface area contributed by atoms with Crippen molar-refractivity contribution in [1.82, 2.24) is 4.57 Å². The number of alkyl halides is 3. The molecule has 30 heavy (non-hydrogen) atoms. The first kappa shape index (κ1) is 20.1. The zero-order chi connectivity index (χ0) is 21.5. The van der Waals surface area contributed by atoms with E-state index >= 15 is 0 Å². The predicted octanol–water partition coefficient (Wildman–Crippen LogP) is 6.04. The molecule has 1 aliphatic heterocycles. The van der Waals surface area contributed by atoms with E-state index in [2.05, 4.69) is 5.32 Å². The van der Waals surface area contributed by atoms with Gasteiger partial charge in [0.1, 0.15) is 11.6 Å². The fourth-order valence-corrected chi connectivity index (χ4v) is 3.75. The number of rotatable bonds is 3. The van der Waals surface area contributed by atoms with Crippen molar-refractivity contribution >= 4 is 11.6 Å². The van der Waals surface area contributed by atoms with Crippen LogP contribution in [-0.2, 0) is 19.1 Å². The minimum absolute atomic E-state index is 0.103. The number of aryl methyl sites for hydroxylation is 1. The monoisotopic (exact) mass is 420 g/mol. The zero-order valence-electron chi connectivity index (χ0n) is 15.7. The summed E-state index contributed by atoms with van der Waals surface area (Å²) in [6.45, 7) is 0.512. The molecule has 1 aromatic heterocycles. The van der Waals surface area contributed by atoms with Crippen LogP contribution in [0.15, 0.2) is 48.5 Å². The first-order valence-electron chi connectivity index (χ1n) is 9.40. The number of aromatic nitrogens is 1. The van der Waals surface area contributed by atoms with Crippen LogP contribution in [-0.4, -0.2) is 10.5 Å². The van der Waals surface area contributed by atoms with Gasteiger partial charge >= 0.3 is 6.18 Å². The number of nitrogens with zero attached hydrogens (tertiary/aromatic N) is 1. The van der Waals surface area contributed by atoms with Gasteiger partial charge in [-0.05, 0) is 61.2 Å². The lowest BCUT2D eigenvalue weighted by molar-refractivity contribution is -0.137. The molecule has 156 valence electrons. The summed E-state index contributed by atoms with van der Waals surface area (Å²) in [5, 5.41) is 2.43. The summed E-state index contributed by atoms with van der Waals surface area (Å²) in [5.41, 5.74) is 0.239. The van der Waals surface area contributed by atoms with Crippen molar-refractivity contribution < 1.29 is 26.7 Å². The lowest BCUT2D eigenvalue weighted by Crippen LogP contribution is -2.14. The number of benzene rings is 2. The Balaban J connectivity index is 1.64. The Morgan fingerprint density at radius 1 is 0.967 bits per heavy atom. The van der Waals surface area contributed by atoms with Gasteiger partial charge in [0.2, 0.25) is 0 Å². The molecule has 3 aromatic rings. The number of fused-ring (bicyclic) bond motifs is 1. The second-order valence-corrected chi connectivity index (χ2v) is 7.16. The van der Waals surface area contributed by atoms with Gasteiger partial charge in [-0.2, -0.15) is 13.2 Å². The second-order valence-electron chi connectivity index (χ2n) is 7.16. The molecule has 8 heteroatoms. The van der Waals surface area contributed by atoms with Crippen LogP contribution >= 0.6 is 0 Å². The molecule has 1 amide bonds. The predicted molar refractivity (Wildman–Crippen MR) is 102 cm³/mol. The van der Waals surface area contributed by atoms with E-state index in [1.807, 2.05) is 0 Å². The lowest BCUT2D eigenvalue weighted by Gasteiger charge is -2.19. The highest BCUT2D eigenvalue weighted by molar-refractivity contribution is 6.04. The molecule has 0 aliphatic carbocycles. The van der Waals surface area contributed by atoms with Gasteiger partial charge in [0, 0.05) is 17.9 Å². The van der Waals surface area contributed by atoms with Crippen LogP contribution in [0.1, 0.15) is 34.5 Å². The topological polar surface area (TPSA) is 34.0 Å². The van der Waals surface area contributed by atoms with Crippen molar-refractivity contribution in [3.8, 4) is 11.3 Å². The number of halogens is 5. The van der Waals surface area contributed by atoms with Crippen molar-refractivity contribution in [2.45, 2.75) is 32.0 Å². The minimum Gasteiger partial charge on any atom is -0.344 e. The van der Waals surface area contributed by atoms with E-state index in [1.54, 1.807) is 4.57 Å². The van der Waals surface area contributed by atoms with E-state index in [4.69, 9.17) is 0 Å². The van der Waals surface area contributed by atoms with Crippen molar-refractivity contribution in [2.24, 2.45) is 0 Å². The molecule has 4 rings (SSSR count). The second kappa shape index (κ2) is 7.59. The summed E-state index contributed by atoms with van der Waals surface area (Å²) in [5.74, 6) is -2.48. The third-order valence-corrected chi connectivity index (χ3v) is 5.14. The molecular weight excluding hydrogens is 403 g/mol. The molecule has 0 radical (unpaired) electrons. The van der Waals surface area contributed by atoms with E-state index < -0.39 is 34.8 Å². The van der Waals surface area contributed by atoms with Crippen molar-refractivity contribution in [3.05, 3.63) is 77.0 Å². The number of hydrogen-bond acceptors (Lipinski definition) is 1. The molecule has 0 fully saturated rings. The molecular formula is C22H17F5N2O. The maximum Gasteiger partial charge on any atom is 0.418 e. The summed E-state index contributed by atoms with van der Waals surface area (Å²) >= 11 is 0. The Hall–Kier alpha value is -3.16. The Morgan fingerprint density at radius 3 is 2.40 bits per heavy atom. The van der Waals surface area contributed by atoms with Crippen molar-refractivity contribution in [1.29, 1.82) is 0 Å². The molecule has 3 nitrogen and oxygen atoms in total. The highest BCUT2D eigenvalue weighted by Crippen LogP contribution is 2.41. The van der Waals surface area contributed by atoms with Crippen LogP contribution < -0.4 is 5.32 Å². The number of nitrogens with one attached hydrogen (secondary N) is 1. The molecule has 0 unspecified atom stereocenters. The maximum absolute atomic E-state index is 13.8. The van der Waals surface area contributed by atoms with Crippen molar-refractivity contribution in [3.63, 3.8) is 0 Å². The number of carbonyl (C=O) groups is 1. The van der Waals surface area contributed by atoms with E-state index in [0.717, 1.165) is 31.0 Å². The van der Waals surface area contributed by atoms with Crippen LogP contribution in [0.25, 0.3) is 11.3 Å². The molecule has 0 atom stereocenters. The number of hydrogen-bond donors (Lipinski definition) is 1. The number of anilines is 1. The van der Waals surface area contributed by atoms with E-state index in [1.165, 1.54) is 30.3 Å². The standard InChI is InChI=1S/C22H17F5N2O/c23-14-6-9-19(24)17(11-14)21(30)28-15-7-4-13(5-8-15)20-18(22(25,26)27)12-16-3-1-2-10-29(16)20/h4-9,11-12H,1-3,10H2,(H,28,30). The van der Waals surface area contributed by atoms with E-state index in [-0.39, 0.29) is 11.4 Å². The van der Waals surface area contributed by atoms with Gasteiger partial charge in [0.15, 0.2) is 0 Å². The minimum atomic E-state index is -4.48. The van der Waals surface area contributed by atoms with Gasteiger partial charge in [-0.3, -0.25) is 4.79 Å². The molecule has 0 saturated heterocycles. The fourth-order valence-electron chi connectivity index (χ4n) is 3.75. The van der Waals surface area contributed by atoms with Gasteiger partial charge in [0.25, 0.3) is 5.91 Å². The third kappa shape index (κ3) is 3.81. The van der Waals surface area contributed by atoms with Crippen LogP contribution in [0.3, 0.4) is 0 Å². The molecule has 1 N–H and O–H groups in total. The van der Waals surface area contributed by atoms with Crippen LogP contribution in [0.4, 0.5) is 27.6 Å². The highest BCUT2D eigenvalue weighted by Gasteiger charge is 2.37. The molecule has 0 bridgehead atoms. The van der Waals surface area contributed by atoms with Gasteiger partial charge in [0.05, 0.1) is 16.8 Å². The van der Waals surface area contributed by atoms with Crippen LogP contribution in [0.2, 0.25) is 0 Å². The maximum atomic E-state index is 13.8. The SMILES string of the molecule is O=C(Nc1ccc(-c2c(C(F)(F)F)cc3n2CCCC3)cc1)c1cc(F)ccc1F. The summed E-state index contributed by atoms with van der Waals surface area (Å²) < 4.78 is 69.5. The molecule has 1 aliphatic rings. The zero-order valence-corrected chi connectivity index (χ0v) is 15.7. The van der Waals surface area contributed by atoms with Gasteiger partial charge < -0.3 is 9.88 Å². The summed E-state index contributed by atoms with van der Waals surface area (Å²) in [7, 11) is 0. The first-order valence-corrected chi connectivity index (χ1v) is 9.40. The van der Waals surface area contributed by atoms with Crippen molar-refractivity contribution in [2.75, 3.05) is 5.32 Å². The quantitative estimate of drug-likeness (QED) is 0.515.